The first-order chi connectivity index (χ1) is 10.0. The van der Waals surface area contributed by atoms with Gasteiger partial charge < -0.3 is 15.8 Å². The zero-order valence-corrected chi connectivity index (χ0v) is 13.0. The number of methoxy groups -OCH3 is 1. The number of carbonyl (C=O) groups excluding carboxylic acids is 1. The van der Waals surface area contributed by atoms with Crippen molar-refractivity contribution in [2.45, 2.75) is 39.5 Å². The molecule has 1 aromatic carbocycles. The standard InChI is InChI=1S/C16H25FN2O2/c1-4-8-16(11-18,9-5-2)15(20)19-12-6-7-13(17)14(10-12)21-3/h6-7,10H,4-5,8-9,11,18H2,1-3H3,(H,19,20). The Bertz CT molecular complexity index is 471. The average Bonchev–Trinajstić information content (AvgIpc) is 2.48. The second-order valence-corrected chi connectivity index (χ2v) is 5.29. The van der Waals surface area contributed by atoms with Crippen LogP contribution >= 0.6 is 0 Å². The van der Waals surface area contributed by atoms with Crippen LogP contribution in [-0.2, 0) is 4.79 Å². The zero-order chi connectivity index (χ0) is 15.9. The normalized spacial score (nSPS) is 11.3. The lowest BCUT2D eigenvalue weighted by Gasteiger charge is -2.30. The number of amides is 1. The number of halogens is 1. The Labute approximate surface area is 125 Å². The Morgan fingerprint density at radius 1 is 1.33 bits per heavy atom. The summed E-state index contributed by atoms with van der Waals surface area (Å²) in [6.45, 7) is 4.38. The van der Waals surface area contributed by atoms with Gasteiger partial charge in [0.05, 0.1) is 12.5 Å². The number of nitrogens with two attached hydrogens (primary N) is 1. The molecule has 0 saturated heterocycles. The molecule has 0 aromatic heterocycles. The molecule has 0 saturated carbocycles. The van der Waals surface area contributed by atoms with Crippen molar-refractivity contribution in [1.82, 2.24) is 0 Å². The van der Waals surface area contributed by atoms with E-state index in [0.29, 0.717) is 12.2 Å². The molecular formula is C16H25FN2O2. The number of carbonyl (C=O) groups is 1. The molecule has 0 heterocycles. The molecule has 0 aliphatic heterocycles. The fraction of sp³-hybridized carbons (Fsp3) is 0.562. The molecule has 0 atom stereocenters. The van der Waals surface area contributed by atoms with E-state index in [0.717, 1.165) is 25.7 Å². The molecule has 21 heavy (non-hydrogen) atoms. The van der Waals surface area contributed by atoms with E-state index in [1.165, 1.54) is 25.3 Å². The van der Waals surface area contributed by atoms with Crippen LogP contribution in [0, 0.1) is 11.2 Å². The number of nitrogens with one attached hydrogen (secondary N) is 1. The van der Waals surface area contributed by atoms with E-state index in [-0.39, 0.29) is 11.7 Å². The fourth-order valence-corrected chi connectivity index (χ4v) is 2.61. The summed E-state index contributed by atoms with van der Waals surface area (Å²) in [7, 11) is 1.39. The van der Waals surface area contributed by atoms with E-state index in [2.05, 4.69) is 5.32 Å². The summed E-state index contributed by atoms with van der Waals surface area (Å²) in [4.78, 5) is 12.6. The molecule has 0 fully saturated rings. The molecule has 3 N–H and O–H groups in total. The maximum Gasteiger partial charge on any atom is 0.231 e. The van der Waals surface area contributed by atoms with E-state index in [4.69, 9.17) is 10.5 Å². The van der Waals surface area contributed by atoms with Crippen molar-refractivity contribution >= 4 is 11.6 Å². The second kappa shape index (κ2) is 7.98. The summed E-state index contributed by atoms with van der Waals surface area (Å²) >= 11 is 0. The minimum atomic E-state index is -0.564. The van der Waals surface area contributed by atoms with Crippen molar-refractivity contribution in [2.24, 2.45) is 11.1 Å². The number of anilines is 1. The Kier molecular flexibility index (Phi) is 6.62. The van der Waals surface area contributed by atoms with Crippen LogP contribution in [0.1, 0.15) is 39.5 Å². The highest BCUT2D eigenvalue weighted by molar-refractivity contribution is 5.95. The van der Waals surface area contributed by atoms with Crippen LogP contribution in [0.15, 0.2) is 18.2 Å². The van der Waals surface area contributed by atoms with Gasteiger partial charge >= 0.3 is 0 Å². The van der Waals surface area contributed by atoms with Gasteiger partial charge in [-0.25, -0.2) is 4.39 Å². The van der Waals surface area contributed by atoms with Crippen LogP contribution in [0.4, 0.5) is 10.1 Å². The van der Waals surface area contributed by atoms with Crippen LogP contribution in [0.25, 0.3) is 0 Å². The van der Waals surface area contributed by atoms with Gasteiger partial charge in [0.1, 0.15) is 0 Å². The van der Waals surface area contributed by atoms with Gasteiger partial charge in [-0.05, 0) is 25.0 Å². The Morgan fingerprint density at radius 2 is 1.95 bits per heavy atom. The number of hydrogen-bond donors (Lipinski definition) is 2. The van der Waals surface area contributed by atoms with Gasteiger partial charge in [-0.3, -0.25) is 4.79 Å². The van der Waals surface area contributed by atoms with Gasteiger partial charge in [0.2, 0.25) is 5.91 Å². The van der Waals surface area contributed by atoms with Crippen molar-refractivity contribution in [2.75, 3.05) is 19.0 Å². The molecular weight excluding hydrogens is 271 g/mol. The minimum Gasteiger partial charge on any atom is -0.494 e. The van der Waals surface area contributed by atoms with E-state index >= 15 is 0 Å². The number of hydrogen-bond acceptors (Lipinski definition) is 3. The molecule has 4 nitrogen and oxygen atoms in total. The van der Waals surface area contributed by atoms with Gasteiger partial charge in [0, 0.05) is 18.3 Å². The van der Waals surface area contributed by atoms with Gasteiger partial charge in [-0.1, -0.05) is 26.7 Å². The third kappa shape index (κ3) is 4.17. The van der Waals surface area contributed by atoms with Crippen molar-refractivity contribution in [1.29, 1.82) is 0 Å². The predicted molar refractivity (Wildman–Crippen MR) is 82.9 cm³/mol. The third-order valence-corrected chi connectivity index (χ3v) is 3.74. The van der Waals surface area contributed by atoms with Crippen molar-refractivity contribution in [3.63, 3.8) is 0 Å². The number of ether oxygens (including phenoxy) is 1. The molecule has 1 amide bonds. The Balaban J connectivity index is 2.95. The van der Waals surface area contributed by atoms with Gasteiger partial charge in [-0.15, -0.1) is 0 Å². The summed E-state index contributed by atoms with van der Waals surface area (Å²) in [5, 5.41) is 2.84. The van der Waals surface area contributed by atoms with Crippen LogP contribution < -0.4 is 15.8 Å². The highest BCUT2D eigenvalue weighted by Crippen LogP contribution is 2.31. The SMILES string of the molecule is CCCC(CN)(CCC)C(=O)Nc1ccc(F)c(OC)c1. The van der Waals surface area contributed by atoms with Crippen LogP contribution in [0.5, 0.6) is 5.75 Å². The van der Waals surface area contributed by atoms with Crippen molar-refractivity contribution < 1.29 is 13.9 Å². The first-order valence-corrected chi connectivity index (χ1v) is 7.38. The summed E-state index contributed by atoms with van der Waals surface area (Å²) in [6, 6.07) is 4.28. The van der Waals surface area contributed by atoms with Crippen molar-refractivity contribution in [3.8, 4) is 5.75 Å². The molecule has 118 valence electrons. The van der Waals surface area contributed by atoms with Gasteiger partial charge in [0.25, 0.3) is 0 Å². The predicted octanol–water partition coefficient (Wildman–Crippen LogP) is 3.32. The molecule has 0 aliphatic rings. The van der Waals surface area contributed by atoms with Gasteiger partial charge in [-0.2, -0.15) is 0 Å². The quantitative estimate of drug-likeness (QED) is 0.773. The van der Waals surface area contributed by atoms with Crippen LogP contribution in [0.3, 0.4) is 0 Å². The van der Waals surface area contributed by atoms with E-state index in [1.54, 1.807) is 0 Å². The summed E-state index contributed by atoms with van der Waals surface area (Å²) in [5.74, 6) is -0.456. The lowest BCUT2D eigenvalue weighted by molar-refractivity contribution is -0.126. The summed E-state index contributed by atoms with van der Waals surface area (Å²) in [6.07, 6.45) is 3.25. The Morgan fingerprint density at radius 3 is 2.43 bits per heavy atom. The number of benzene rings is 1. The second-order valence-electron chi connectivity index (χ2n) is 5.29. The summed E-state index contributed by atoms with van der Waals surface area (Å²) in [5.41, 5.74) is 5.82. The van der Waals surface area contributed by atoms with E-state index < -0.39 is 11.2 Å². The molecule has 0 radical (unpaired) electrons. The van der Waals surface area contributed by atoms with Crippen molar-refractivity contribution in [3.05, 3.63) is 24.0 Å². The van der Waals surface area contributed by atoms with E-state index in [1.807, 2.05) is 13.8 Å². The molecule has 0 aliphatic carbocycles. The highest BCUT2D eigenvalue weighted by atomic mass is 19.1. The topological polar surface area (TPSA) is 64.4 Å². The fourth-order valence-electron chi connectivity index (χ4n) is 2.61. The molecule has 0 unspecified atom stereocenters. The maximum absolute atomic E-state index is 13.4. The summed E-state index contributed by atoms with van der Waals surface area (Å²) < 4.78 is 18.3. The Hall–Kier alpha value is -1.62. The van der Waals surface area contributed by atoms with Crippen LogP contribution in [-0.4, -0.2) is 19.6 Å². The molecule has 0 spiro atoms. The largest absolute Gasteiger partial charge is 0.494 e. The smallest absolute Gasteiger partial charge is 0.231 e. The maximum atomic E-state index is 13.4. The zero-order valence-electron chi connectivity index (χ0n) is 13.0. The molecule has 1 aromatic rings. The number of rotatable bonds is 8. The van der Waals surface area contributed by atoms with Gasteiger partial charge in [0.15, 0.2) is 11.6 Å². The average molecular weight is 296 g/mol. The monoisotopic (exact) mass is 296 g/mol. The van der Waals surface area contributed by atoms with E-state index in [9.17, 15) is 9.18 Å². The molecule has 0 bridgehead atoms. The lowest BCUT2D eigenvalue weighted by Crippen LogP contribution is -2.42. The first kappa shape index (κ1) is 17.4. The molecule has 1 rings (SSSR count). The highest BCUT2D eigenvalue weighted by Gasteiger charge is 2.35. The van der Waals surface area contributed by atoms with Crippen LogP contribution in [0.2, 0.25) is 0 Å². The third-order valence-electron chi connectivity index (χ3n) is 3.74. The minimum absolute atomic E-state index is 0.108. The first-order valence-electron chi connectivity index (χ1n) is 7.38. The molecule has 5 heteroatoms. The lowest BCUT2D eigenvalue weighted by atomic mass is 9.78.